The summed E-state index contributed by atoms with van der Waals surface area (Å²) in [5.41, 5.74) is 1.99. The first kappa shape index (κ1) is 23.9. The van der Waals surface area contributed by atoms with Gasteiger partial charge in [-0.3, -0.25) is 9.59 Å². The van der Waals surface area contributed by atoms with Crippen molar-refractivity contribution in [2.24, 2.45) is 5.92 Å². The highest BCUT2D eigenvalue weighted by atomic mass is 35.5. The predicted octanol–water partition coefficient (Wildman–Crippen LogP) is 5.24. The van der Waals surface area contributed by atoms with Crippen molar-refractivity contribution >= 4 is 23.4 Å². The summed E-state index contributed by atoms with van der Waals surface area (Å²) in [6, 6.07) is 16.8. The van der Waals surface area contributed by atoms with E-state index in [4.69, 9.17) is 11.6 Å². The van der Waals surface area contributed by atoms with E-state index >= 15 is 0 Å². The average Bonchev–Trinajstić information content (AvgIpc) is 2.72. The van der Waals surface area contributed by atoms with E-state index in [0.29, 0.717) is 36.9 Å². The van der Waals surface area contributed by atoms with Gasteiger partial charge in [-0.25, -0.2) is 0 Å². The summed E-state index contributed by atoms with van der Waals surface area (Å²) in [5.74, 6) is 0.398. The summed E-state index contributed by atoms with van der Waals surface area (Å²) in [4.78, 5) is 28.0. The molecule has 0 radical (unpaired) electrons. The van der Waals surface area contributed by atoms with Gasteiger partial charge in [0.1, 0.15) is 6.04 Å². The molecule has 0 bridgehead atoms. The molecule has 0 unspecified atom stereocenters. The number of hydrogen-bond donors (Lipinski definition) is 1. The molecule has 5 heteroatoms. The van der Waals surface area contributed by atoms with E-state index < -0.39 is 6.04 Å². The van der Waals surface area contributed by atoms with Gasteiger partial charge in [-0.1, -0.05) is 74.8 Å². The fourth-order valence-electron chi connectivity index (χ4n) is 3.30. The molecule has 1 N–H and O–H groups in total. The molecule has 0 aliphatic heterocycles. The van der Waals surface area contributed by atoms with Crippen LogP contribution in [0.2, 0.25) is 5.02 Å². The Labute approximate surface area is 185 Å². The molecular formula is C25H33ClN2O2. The number of halogens is 1. The third kappa shape index (κ3) is 7.83. The molecular weight excluding hydrogens is 396 g/mol. The molecule has 0 saturated carbocycles. The SMILES string of the molecule is CCCC(=O)N(Cc1ccc(Cl)cc1)[C@H](Cc1ccccc1)C(=O)NCCC(C)C. The standard InChI is InChI=1S/C25H33ClN2O2/c1-4-8-24(29)28(18-21-11-13-22(26)14-12-21)23(17-20-9-6-5-7-10-20)25(30)27-16-15-19(2)3/h5-7,9-14,19,23H,4,8,15-18H2,1-3H3,(H,27,30)/t23-/m1/s1. The van der Waals surface area contributed by atoms with Crippen molar-refractivity contribution in [3.8, 4) is 0 Å². The van der Waals surface area contributed by atoms with Crippen LogP contribution in [0.1, 0.15) is 51.2 Å². The van der Waals surface area contributed by atoms with Crippen LogP contribution in [0.3, 0.4) is 0 Å². The lowest BCUT2D eigenvalue weighted by molar-refractivity contribution is -0.141. The van der Waals surface area contributed by atoms with Gasteiger partial charge in [0.15, 0.2) is 0 Å². The molecule has 0 aliphatic carbocycles. The van der Waals surface area contributed by atoms with Crippen molar-refractivity contribution in [1.82, 2.24) is 10.2 Å². The van der Waals surface area contributed by atoms with Crippen LogP contribution in [0, 0.1) is 5.92 Å². The van der Waals surface area contributed by atoms with E-state index in [1.54, 1.807) is 4.90 Å². The highest BCUT2D eigenvalue weighted by Gasteiger charge is 2.29. The Kier molecular flexibility index (Phi) is 9.88. The normalized spacial score (nSPS) is 11.9. The Bertz CT molecular complexity index is 791. The number of hydrogen-bond acceptors (Lipinski definition) is 2. The maximum absolute atomic E-state index is 13.2. The summed E-state index contributed by atoms with van der Waals surface area (Å²) in [5, 5.41) is 3.70. The van der Waals surface area contributed by atoms with Crippen LogP contribution in [0.15, 0.2) is 54.6 Å². The number of carbonyl (C=O) groups is 2. The highest BCUT2D eigenvalue weighted by molar-refractivity contribution is 6.30. The Morgan fingerprint density at radius 3 is 2.27 bits per heavy atom. The van der Waals surface area contributed by atoms with Crippen LogP contribution in [-0.2, 0) is 22.6 Å². The molecule has 0 fully saturated rings. The summed E-state index contributed by atoms with van der Waals surface area (Å²) in [6.45, 7) is 7.23. The Morgan fingerprint density at radius 1 is 1.00 bits per heavy atom. The quantitative estimate of drug-likeness (QED) is 0.531. The zero-order valence-electron chi connectivity index (χ0n) is 18.2. The first-order chi connectivity index (χ1) is 14.4. The second-order valence-electron chi connectivity index (χ2n) is 8.08. The number of carbonyl (C=O) groups excluding carboxylic acids is 2. The van der Waals surface area contributed by atoms with Crippen LogP contribution in [-0.4, -0.2) is 29.3 Å². The minimum Gasteiger partial charge on any atom is -0.354 e. The molecule has 0 spiro atoms. The van der Waals surface area contributed by atoms with Crippen LogP contribution in [0.5, 0.6) is 0 Å². The monoisotopic (exact) mass is 428 g/mol. The molecule has 162 valence electrons. The van der Waals surface area contributed by atoms with E-state index in [1.807, 2.05) is 61.5 Å². The van der Waals surface area contributed by atoms with Gasteiger partial charge in [0.05, 0.1) is 0 Å². The molecule has 2 aromatic carbocycles. The van der Waals surface area contributed by atoms with Crippen molar-refractivity contribution < 1.29 is 9.59 Å². The molecule has 0 aliphatic rings. The number of rotatable bonds is 11. The van der Waals surface area contributed by atoms with Crippen LogP contribution in [0.25, 0.3) is 0 Å². The number of benzene rings is 2. The van der Waals surface area contributed by atoms with Crippen LogP contribution in [0.4, 0.5) is 0 Å². The van der Waals surface area contributed by atoms with Crippen molar-refractivity contribution in [3.05, 3.63) is 70.7 Å². The fraction of sp³-hybridized carbons (Fsp3) is 0.440. The molecule has 30 heavy (non-hydrogen) atoms. The maximum atomic E-state index is 13.2. The van der Waals surface area contributed by atoms with Gasteiger partial charge < -0.3 is 10.2 Å². The van der Waals surface area contributed by atoms with Crippen molar-refractivity contribution in [3.63, 3.8) is 0 Å². The lowest BCUT2D eigenvalue weighted by Crippen LogP contribution is -2.50. The second kappa shape index (κ2) is 12.4. The summed E-state index contributed by atoms with van der Waals surface area (Å²) >= 11 is 6.02. The minimum atomic E-state index is -0.561. The van der Waals surface area contributed by atoms with E-state index in [0.717, 1.165) is 24.0 Å². The predicted molar refractivity (Wildman–Crippen MR) is 123 cm³/mol. The fourth-order valence-corrected chi connectivity index (χ4v) is 3.43. The van der Waals surface area contributed by atoms with E-state index in [2.05, 4.69) is 19.2 Å². The lowest BCUT2D eigenvalue weighted by Gasteiger charge is -2.31. The van der Waals surface area contributed by atoms with Crippen LogP contribution < -0.4 is 5.32 Å². The van der Waals surface area contributed by atoms with Gasteiger partial charge in [-0.15, -0.1) is 0 Å². The topological polar surface area (TPSA) is 49.4 Å². The molecule has 0 heterocycles. The van der Waals surface area contributed by atoms with Gasteiger partial charge in [0, 0.05) is 31.0 Å². The summed E-state index contributed by atoms with van der Waals surface area (Å²) in [6.07, 6.45) is 2.54. The van der Waals surface area contributed by atoms with Gasteiger partial charge in [0.2, 0.25) is 11.8 Å². The molecule has 2 amide bonds. The van der Waals surface area contributed by atoms with Gasteiger partial charge >= 0.3 is 0 Å². The third-order valence-electron chi connectivity index (χ3n) is 5.02. The Hall–Kier alpha value is -2.33. The largest absolute Gasteiger partial charge is 0.354 e. The Balaban J connectivity index is 2.29. The molecule has 0 aromatic heterocycles. The average molecular weight is 429 g/mol. The zero-order valence-corrected chi connectivity index (χ0v) is 19.0. The summed E-state index contributed by atoms with van der Waals surface area (Å²) < 4.78 is 0. The molecule has 2 rings (SSSR count). The lowest BCUT2D eigenvalue weighted by atomic mass is 10.0. The smallest absolute Gasteiger partial charge is 0.243 e. The van der Waals surface area contributed by atoms with Crippen LogP contribution >= 0.6 is 11.6 Å². The highest BCUT2D eigenvalue weighted by Crippen LogP contribution is 2.18. The number of amides is 2. The summed E-state index contributed by atoms with van der Waals surface area (Å²) in [7, 11) is 0. The van der Waals surface area contributed by atoms with E-state index in [-0.39, 0.29) is 11.8 Å². The van der Waals surface area contributed by atoms with Gasteiger partial charge in [-0.05, 0) is 42.0 Å². The van der Waals surface area contributed by atoms with Crippen molar-refractivity contribution in [1.29, 1.82) is 0 Å². The van der Waals surface area contributed by atoms with Gasteiger partial charge in [0.25, 0.3) is 0 Å². The van der Waals surface area contributed by atoms with Crippen molar-refractivity contribution in [2.45, 2.75) is 59.0 Å². The Morgan fingerprint density at radius 2 is 1.67 bits per heavy atom. The third-order valence-corrected chi connectivity index (χ3v) is 5.27. The van der Waals surface area contributed by atoms with Crippen molar-refractivity contribution in [2.75, 3.05) is 6.54 Å². The molecule has 1 atom stereocenters. The van der Waals surface area contributed by atoms with E-state index in [1.165, 1.54) is 0 Å². The van der Waals surface area contributed by atoms with E-state index in [9.17, 15) is 9.59 Å². The second-order valence-corrected chi connectivity index (χ2v) is 8.51. The molecule has 0 saturated heterocycles. The van der Waals surface area contributed by atoms with Gasteiger partial charge in [-0.2, -0.15) is 0 Å². The first-order valence-electron chi connectivity index (χ1n) is 10.8. The minimum absolute atomic E-state index is 0.00705. The zero-order chi connectivity index (χ0) is 21.9. The number of nitrogens with zero attached hydrogens (tertiary/aromatic N) is 1. The maximum Gasteiger partial charge on any atom is 0.243 e. The molecule has 2 aromatic rings. The molecule has 4 nitrogen and oxygen atoms in total. The first-order valence-corrected chi connectivity index (χ1v) is 11.1. The number of nitrogens with one attached hydrogen (secondary N) is 1.